The van der Waals surface area contributed by atoms with E-state index < -0.39 is 17.6 Å². The average molecular weight is 396 g/mol. The van der Waals surface area contributed by atoms with Crippen LogP contribution in [0.15, 0.2) is 18.2 Å². The Kier molecular flexibility index (Phi) is 8.32. The first kappa shape index (κ1) is 22.2. The molecule has 1 aliphatic rings. The first-order valence-corrected chi connectivity index (χ1v) is 7.86. The maximum absolute atomic E-state index is 12.9. The molecular weight excluding hydrogens is 375 g/mol. The van der Waals surface area contributed by atoms with Crippen molar-refractivity contribution in [3.63, 3.8) is 0 Å². The van der Waals surface area contributed by atoms with Gasteiger partial charge in [0.25, 0.3) is 0 Å². The Bertz CT molecular complexity index is 635. The second-order valence-electron chi connectivity index (χ2n) is 5.66. The lowest BCUT2D eigenvalue weighted by molar-refractivity contribution is -0.137. The zero-order valence-corrected chi connectivity index (χ0v) is 14.8. The Hall–Kier alpha value is -1.84. The summed E-state index contributed by atoms with van der Waals surface area (Å²) in [6.07, 6.45) is -4.64. The van der Waals surface area contributed by atoms with E-state index >= 15 is 0 Å². The highest BCUT2D eigenvalue weighted by Gasteiger charge is 2.31. The number of carbonyl (C=O) groups excluding carboxylic acids is 2. The Balaban J connectivity index is 0.00000338. The fourth-order valence-corrected chi connectivity index (χ4v) is 2.46. The minimum atomic E-state index is -4.53. The van der Waals surface area contributed by atoms with Crippen LogP contribution in [-0.4, -0.2) is 43.0 Å². The Morgan fingerprint density at radius 1 is 1.15 bits per heavy atom. The molecule has 26 heavy (non-hydrogen) atoms. The smallest absolute Gasteiger partial charge is 0.378 e. The first-order valence-electron chi connectivity index (χ1n) is 7.86. The molecule has 3 N–H and O–H groups in total. The van der Waals surface area contributed by atoms with Crippen molar-refractivity contribution in [2.24, 2.45) is 5.73 Å². The van der Waals surface area contributed by atoms with Gasteiger partial charge in [-0.2, -0.15) is 13.2 Å². The van der Waals surface area contributed by atoms with Gasteiger partial charge in [0.05, 0.1) is 18.8 Å². The molecule has 0 bridgehead atoms. The van der Waals surface area contributed by atoms with Crippen LogP contribution in [0.25, 0.3) is 0 Å². The molecule has 0 radical (unpaired) electrons. The number of nitrogens with zero attached hydrogens (tertiary/aromatic N) is 1. The second kappa shape index (κ2) is 9.75. The topological polar surface area (TPSA) is 84.7 Å². The van der Waals surface area contributed by atoms with Gasteiger partial charge in [-0.05, 0) is 23.8 Å². The van der Waals surface area contributed by atoms with Gasteiger partial charge in [0, 0.05) is 38.2 Å². The SMILES string of the molecule is Cl.NCc1cc(NC(=O)CCC(=O)N2CCOCC2)cc(C(F)(F)F)c1. The molecule has 146 valence electrons. The summed E-state index contributed by atoms with van der Waals surface area (Å²) in [5.74, 6) is -0.700. The summed E-state index contributed by atoms with van der Waals surface area (Å²) in [7, 11) is 0. The maximum Gasteiger partial charge on any atom is 0.416 e. The molecule has 1 heterocycles. The number of halogens is 4. The van der Waals surface area contributed by atoms with Crippen molar-refractivity contribution in [1.29, 1.82) is 0 Å². The van der Waals surface area contributed by atoms with Gasteiger partial charge >= 0.3 is 6.18 Å². The zero-order chi connectivity index (χ0) is 18.4. The number of rotatable bonds is 5. The summed E-state index contributed by atoms with van der Waals surface area (Å²) in [6, 6.07) is 3.18. The summed E-state index contributed by atoms with van der Waals surface area (Å²) < 4.78 is 43.7. The van der Waals surface area contributed by atoms with Crippen LogP contribution in [-0.2, 0) is 27.0 Å². The van der Waals surface area contributed by atoms with Crippen molar-refractivity contribution >= 4 is 29.9 Å². The van der Waals surface area contributed by atoms with Crippen LogP contribution in [0, 0.1) is 0 Å². The molecule has 2 amide bonds. The Labute approximate surface area is 155 Å². The molecule has 0 aliphatic carbocycles. The first-order chi connectivity index (χ1) is 11.8. The number of nitrogens with two attached hydrogens (primary N) is 1. The van der Waals surface area contributed by atoms with Gasteiger partial charge < -0.3 is 20.7 Å². The van der Waals surface area contributed by atoms with Crippen molar-refractivity contribution in [3.05, 3.63) is 29.3 Å². The third-order valence-electron chi connectivity index (χ3n) is 3.77. The maximum atomic E-state index is 12.9. The number of carbonyl (C=O) groups is 2. The quantitative estimate of drug-likeness (QED) is 0.800. The molecule has 10 heteroatoms. The lowest BCUT2D eigenvalue weighted by Gasteiger charge is -2.26. The van der Waals surface area contributed by atoms with Crippen LogP contribution in [0.2, 0.25) is 0 Å². The van der Waals surface area contributed by atoms with E-state index in [1.54, 1.807) is 4.90 Å². The van der Waals surface area contributed by atoms with Crippen LogP contribution in [0.5, 0.6) is 0 Å². The summed E-state index contributed by atoms with van der Waals surface area (Å²) in [6.45, 7) is 1.80. The molecule has 0 saturated carbocycles. The highest BCUT2D eigenvalue weighted by molar-refractivity contribution is 5.93. The number of anilines is 1. The van der Waals surface area contributed by atoms with E-state index in [4.69, 9.17) is 10.5 Å². The second-order valence-corrected chi connectivity index (χ2v) is 5.66. The van der Waals surface area contributed by atoms with Gasteiger partial charge in [-0.25, -0.2) is 0 Å². The molecule has 1 saturated heterocycles. The molecule has 0 aromatic heterocycles. The standard InChI is InChI=1S/C16H20F3N3O3.ClH/c17-16(18,19)12-7-11(10-20)8-13(9-12)21-14(23)1-2-15(24)22-3-5-25-6-4-22;/h7-9H,1-6,10,20H2,(H,21,23);1H. The van der Waals surface area contributed by atoms with Gasteiger partial charge in [0.15, 0.2) is 0 Å². The molecule has 0 unspecified atom stereocenters. The van der Waals surface area contributed by atoms with Crippen LogP contribution < -0.4 is 11.1 Å². The third kappa shape index (κ3) is 6.47. The number of hydrogen-bond donors (Lipinski definition) is 2. The minimum absolute atomic E-state index is 0. The van der Waals surface area contributed by atoms with Crippen molar-refractivity contribution in [2.75, 3.05) is 31.6 Å². The lowest BCUT2D eigenvalue weighted by Crippen LogP contribution is -2.40. The monoisotopic (exact) mass is 395 g/mol. The Morgan fingerprint density at radius 3 is 2.38 bits per heavy atom. The molecule has 2 rings (SSSR count). The number of nitrogens with one attached hydrogen (secondary N) is 1. The molecule has 1 aromatic carbocycles. The van der Waals surface area contributed by atoms with Crippen LogP contribution in [0.4, 0.5) is 18.9 Å². The largest absolute Gasteiger partial charge is 0.416 e. The third-order valence-corrected chi connectivity index (χ3v) is 3.77. The lowest BCUT2D eigenvalue weighted by atomic mass is 10.1. The van der Waals surface area contributed by atoms with Crippen molar-refractivity contribution in [2.45, 2.75) is 25.6 Å². The number of ether oxygens (including phenoxy) is 1. The average Bonchev–Trinajstić information content (AvgIpc) is 2.59. The molecule has 0 atom stereocenters. The van der Waals surface area contributed by atoms with E-state index in [9.17, 15) is 22.8 Å². The number of morpholine rings is 1. The van der Waals surface area contributed by atoms with Gasteiger partial charge in [0.1, 0.15) is 0 Å². The van der Waals surface area contributed by atoms with E-state index in [2.05, 4.69) is 5.32 Å². The van der Waals surface area contributed by atoms with Crippen LogP contribution >= 0.6 is 12.4 Å². The number of amides is 2. The van der Waals surface area contributed by atoms with E-state index in [1.807, 2.05) is 0 Å². The highest BCUT2D eigenvalue weighted by atomic mass is 35.5. The number of alkyl halides is 3. The molecule has 1 fully saturated rings. The molecule has 1 aliphatic heterocycles. The summed E-state index contributed by atoms with van der Waals surface area (Å²) in [5, 5.41) is 2.40. The van der Waals surface area contributed by atoms with E-state index in [0.29, 0.717) is 26.3 Å². The predicted octanol–water partition coefficient (Wildman–Crippen LogP) is 2.16. The van der Waals surface area contributed by atoms with Crippen molar-refractivity contribution in [1.82, 2.24) is 4.90 Å². The predicted molar refractivity (Wildman–Crippen MR) is 91.8 cm³/mol. The number of hydrogen-bond acceptors (Lipinski definition) is 4. The van der Waals surface area contributed by atoms with Crippen molar-refractivity contribution < 1.29 is 27.5 Å². The van der Waals surface area contributed by atoms with Crippen molar-refractivity contribution in [3.8, 4) is 0 Å². The summed E-state index contributed by atoms with van der Waals surface area (Å²) in [5.41, 5.74) is 4.79. The highest BCUT2D eigenvalue weighted by Crippen LogP contribution is 2.32. The number of benzene rings is 1. The fourth-order valence-electron chi connectivity index (χ4n) is 2.46. The van der Waals surface area contributed by atoms with Crippen LogP contribution in [0.3, 0.4) is 0 Å². The summed E-state index contributed by atoms with van der Waals surface area (Å²) >= 11 is 0. The molecular formula is C16H21ClF3N3O3. The normalized spacial score (nSPS) is 14.5. The van der Waals surface area contributed by atoms with Gasteiger partial charge in [-0.1, -0.05) is 0 Å². The van der Waals surface area contributed by atoms with Gasteiger partial charge in [-0.3, -0.25) is 9.59 Å². The molecule has 1 aromatic rings. The van der Waals surface area contributed by atoms with E-state index in [-0.39, 0.29) is 49.0 Å². The van der Waals surface area contributed by atoms with E-state index in [1.165, 1.54) is 6.07 Å². The van der Waals surface area contributed by atoms with Gasteiger partial charge in [-0.15, -0.1) is 12.4 Å². The zero-order valence-electron chi connectivity index (χ0n) is 14.0. The van der Waals surface area contributed by atoms with Crippen LogP contribution in [0.1, 0.15) is 24.0 Å². The van der Waals surface area contributed by atoms with E-state index in [0.717, 1.165) is 12.1 Å². The van der Waals surface area contributed by atoms with Gasteiger partial charge in [0.2, 0.25) is 11.8 Å². The molecule has 6 nitrogen and oxygen atoms in total. The fraction of sp³-hybridized carbons (Fsp3) is 0.500. The minimum Gasteiger partial charge on any atom is -0.378 e. The molecule has 0 spiro atoms. The Morgan fingerprint density at radius 2 is 1.81 bits per heavy atom. The summed E-state index contributed by atoms with van der Waals surface area (Å²) in [4.78, 5) is 25.5.